The van der Waals surface area contributed by atoms with Gasteiger partial charge in [0.15, 0.2) is 0 Å². The van der Waals surface area contributed by atoms with E-state index in [1.165, 1.54) is 0 Å². The van der Waals surface area contributed by atoms with Crippen LogP contribution in [0.5, 0.6) is 0 Å². The van der Waals surface area contributed by atoms with E-state index in [1.807, 2.05) is 13.8 Å². The van der Waals surface area contributed by atoms with Gasteiger partial charge in [-0.3, -0.25) is 5.21 Å². The molecule has 0 saturated heterocycles. The molecule has 0 saturated carbocycles. The molecular weight excluding hydrogens is 158 g/mol. The predicted molar refractivity (Wildman–Crippen MR) is 47.1 cm³/mol. The van der Waals surface area contributed by atoms with Gasteiger partial charge in [0.2, 0.25) is 6.21 Å². The molecule has 0 heterocycles. The van der Waals surface area contributed by atoms with Crippen LogP contribution in [0.1, 0.15) is 33.6 Å². The van der Waals surface area contributed by atoms with Gasteiger partial charge in [-0.05, 0) is 24.9 Å². The molecular formula is C8H20NO3+. The number of nitrogens with one attached hydrogen (secondary N) is 1. The Bertz CT molecular complexity index is 104. The highest BCUT2D eigenvalue weighted by atomic mass is 16.4. The Labute approximate surface area is 73.5 Å². The maximum absolute atomic E-state index is 8.91. The van der Waals surface area contributed by atoms with E-state index < -0.39 is 12.2 Å². The third-order valence-corrected chi connectivity index (χ3v) is 1.15. The number of rotatable bonds is 4. The minimum absolute atomic E-state index is 0.401. The molecule has 2 unspecified atom stereocenters. The number of hydrogen-bond acceptors (Lipinski definition) is 3. The first-order chi connectivity index (χ1) is 5.66. The first kappa shape index (κ1) is 13.9. The molecule has 0 rings (SSSR count). The second kappa shape index (κ2) is 10.4. The van der Waals surface area contributed by atoms with Crippen LogP contribution in [0.4, 0.5) is 0 Å². The molecule has 74 valence electrons. The van der Waals surface area contributed by atoms with Crippen molar-refractivity contribution in [2.75, 3.05) is 0 Å². The zero-order valence-electron chi connectivity index (χ0n) is 7.99. The number of aliphatic hydroxyl groups is 2. The van der Waals surface area contributed by atoms with E-state index in [9.17, 15) is 0 Å². The highest BCUT2D eigenvalue weighted by molar-refractivity contribution is 5.55. The van der Waals surface area contributed by atoms with E-state index in [2.05, 4.69) is 0 Å². The molecule has 0 aromatic heterocycles. The Morgan fingerprint density at radius 1 is 1.25 bits per heavy atom. The Balaban J connectivity index is 0. The SMILES string of the molecule is CC.CC(O)CCC(O)/C=[NH+]/O. The lowest BCUT2D eigenvalue weighted by atomic mass is 10.1. The summed E-state index contributed by atoms with van der Waals surface area (Å²) in [6.45, 7) is 5.65. The zero-order valence-corrected chi connectivity index (χ0v) is 7.99. The van der Waals surface area contributed by atoms with Gasteiger partial charge in [-0.15, -0.1) is 0 Å². The van der Waals surface area contributed by atoms with Crippen LogP contribution in [0.25, 0.3) is 0 Å². The van der Waals surface area contributed by atoms with Crippen molar-refractivity contribution in [3.63, 3.8) is 0 Å². The van der Waals surface area contributed by atoms with Crippen molar-refractivity contribution in [3.05, 3.63) is 0 Å². The van der Waals surface area contributed by atoms with E-state index in [4.69, 9.17) is 15.4 Å². The standard InChI is InChI=1S/C6H13NO3.C2H6/c1-5(8)2-3-6(9)4-7-10;1-2/h4-6,8-10H,2-3H2,1H3;1-2H3/p+1/b7-4+;. The molecule has 0 aliphatic carbocycles. The fourth-order valence-corrected chi connectivity index (χ4v) is 0.581. The minimum Gasteiger partial charge on any atom is -0.393 e. The minimum atomic E-state index is -0.695. The van der Waals surface area contributed by atoms with Gasteiger partial charge in [0.05, 0.1) is 6.10 Å². The quantitative estimate of drug-likeness (QED) is 0.255. The maximum Gasteiger partial charge on any atom is 0.218 e. The molecule has 0 aliphatic heterocycles. The van der Waals surface area contributed by atoms with Gasteiger partial charge < -0.3 is 10.2 Å². The summed E-state index contributed by atoms with van der Waals surface area (Å²) in [7, 11) is 0. The lowest BCUT2D eigenvalue weighted by Crippen LogP contribution is -2.66. The van der Waals surface area contributed by atoms with Gasteiger partial charge in [-0.25, -0.2) is 0 Å². The number of aliphatic hydroxyl groups excluding tert-OH is 2. The Hall–Kier alpha value is -0.610. The van der Waals surface area contributed by atoms with E-state index in [0.717, 1.165) is 6.21 Å². The van der Waals surface area contributed by atoms with Crippen molar-refractivity contribution in [2.24, 2.45) is 0 Å². The molecule has 0 aromatic rings. The van der Waals surface area contributed by atoms with Gasteiger partial charge in [0.25, 0.3) is 0 Å². The molecule has 4 nitrogen and oxygen atoms in total. The predicted octanol–water partition coefficient (Wildman–Crippen LogP) is -0.925. The van der Waals surface area contributed by atoms with Crippen LogP contribution in [0.2, 0.25) is 0 Å². The van der Waals surface area contributed by atoms with Crippen LogP contribution in [-0.4, -0.2) is 33.8 Å². The summed E-state index contributed by atoms with van der Waals surface area (Å²) in [6.07, 6.45) is 1.04. The fraction of sp³-hybridized carbons (Fsp3) is 0.875. The topological polar surface area (TPSA) is 74.7 Å². The van der Waals surface area contributed by atoms with Crippen LogP contribution in [0.3, 0.4) is 0 Å². The van der Waals surface area contributed by atoms with Crippen LogP contribution < -0.4 is 5.16 Å². The van der Waals surface area contributed by atoms with E-state index in [-0.39, 0.29) is 0 Å². The Morgan fingerprint density at radius 2 is 1.75 bits per heavy atom. The van der Waals surface area contributed by atoms with E-state index in [1.54, 1.807) is 12.1 Å². The van der Waals surface area contributed by atoms with Gasteiger partial charge in [-0.2, -0.15) is 0 Å². The normalized spacial score (nSPS) is 15.1. The van der Waals surface area contributed by atoms with Crippen LogP contribution in [0, 0.1) is 0 Å². The molecule has 12 heavy (non-hydrogen) atoms. The van der Waals surface area contributed by atoms with Crippen molar-refractivity contribution < 1.29 is 20.6 Å². The first-order valence-corrected chi connectivity index (χ1v) is 4.26. The molecule has 0 aliphatic rings. The summed E-state index contributed by atoms with van der Waals surface area (Å²) in [5, 5.41) is 27.5. The maximum atomic E-state index is 8.91. The van der Waals surface area contributed by atoms with Gasteiger partial charge in [0.1, 0.15) is 6.10 Å². The third-order valence-electron chi connectivity index (χ3n) is 1.15. The lowest BCUT2D eigenvalue weighted by molar-refractivity contribution is -0.735. The van der Waals surface area contributed by atoms with Crippen molar-refractivity contribution in [1.29, 1.82) is 0 Å². The largest absolute Gasteiger partial charge is 0.393 e. The molecule has 0 aromatic carbocycles. The summed E-state index contributed by atoms with van der Waals surface area (Å²) in [4.78, 5) is 0. The van der Waals surface area contributed by atoms with Gasteiger partial charge >= 0.3 is 0 Å². The Kier molecular flexibility index (Phi) is 12.1. The molecule has 0 radical (unpaired) electrons. The van der Waals surface area contributed by atoms with Gasteiger partial charge in [-0.1, -0.05) is 13.8 Å². The monoisotopic (exact) mass is 178 g/mol. The molecule has 0 spiro atoms. The van der Waals surface area contributed by atoms with Crippen molar-refractivity contribution in [1.82, 2.24) is 0 Å². The highest BCUT2D eigenvalue weighted by Crippen LogP contribution is 1.97. The first-order valence-electron chi connectivity index (χ1n) is 4.26. The van der Waals surface area contributed by atoms with Crippen molar-refractivity contribution in [2.45, 2.75) is 45.8 Å². The molecule has 2 atom stereocenters. The molecule has 4 N–H and O–H groups in total. The second-order valence-electron chi connectivity index (χ2n) is 2.29. The smallest absolute Gasteiger partial charge is 0.218 e. The van der Waals surface area contributed by atoms with Crippen molar-refractivity contribution >= 4 is 6.21 Å². The average Bonchev–Trinajstić information content (AvgIpc) is 2.05. The van der Waals surface area contributed by atoms with E-state index >= 15 is 0 Å². The summed E-state index contributed by atoms with van der Waals surface area (Å²) >= 11 is 0. The summed E-state index contributed by atoms with van der Waals surface area (Å²) in [6, 6.07) is 0. The molecule has 0 bridgehead atoms. The van der Waals surface area contributed by atoms with Crippen LogP contribution in [-0.2, 0) is 0 Å². The molecule has 0 fully saturated rings. The summed E-state index contributed by atoms with van der Waals surface area (Å²) in [5.41, 5.74) is 0. The third kappa shape index (κ3) is 12.1. The van der Waals surface area contributed by atoms with Crippen LogP contribution >= 0.6 is 0 Å². The highest BCUT2D eigenvalue weighted by Gasteiger charge is 2.05. The fourth-order valence-electron chi connectivity index (χ4n) is 0.581. The van der Waals surface area contributed by atoms with Gasteiger partial charge in [0, 0.05) is 0 Å². The van der Waals surface area contributed by atoms with Crippen molar-refractivity contribution in [3.8, 4) is 0 Å². The average molecular weight is 178 g/mol. The number of hydrogen-bond donors (Lipinski definition) is 4. The van der Waals surface area contributed by atoms with Crippen LogP contribution in [0.15, 0.2) is 0 Å². The Morgan fingerprint density at radius 3 is 2.08 bits per heavy atom. The lowest BCUT2D eigenvalue weighted by Gasteiger charge is -2.03. The molecule has 4 heteroatoms. The molecule has 0 amide bonds. The zero-order chi connectivity index (χ0) is 9.98. The van der Waals surface area contributed by atoms with E-state index in [0.29, 0.717) is 12.8 Å². The summed E-state index contributed by atoms with van der Waals surface area (Å²) < 4.78 is 0. The summed E-state index contributed by atoms with van der Waals surface area (Å²) in [5.74, 6) is 0. The second-order valence-corrected chi connectivity index (χ2v) is 2.29.